The van der Waals surface area contributed by atoms with Gasteiger partial charge in [0.05, 0.1) is 15.6 Å². The summed E-state index contributed by atoms with van der Waals surface area (Å²) >= 11 is 3.00. The first-order valence-corrected chi connectivity index (χ1v) is 6.30. The molecule has 0 saturated carbocycles. The molecule has 18 heavy (non-hydrogen) atoms. The van der Waals surface area contributed by atoms with Crippen molar-refractivity contribution in [3.05, 3.63) is 37.2 Å². The number of carbonyl (C=O) groups excluding carboxylic acids is 1. The minimum atomic E-state index is -0.708. The van der Waals surface area contributed by atoms with Gasteiger partial charge in [0, 0.05) is 25.6 Å². The van der Waals surface area contributed by atoms with Crippen LogP contribution in [0.15, 0.2) is 21.7 Å². The van der Waals surface area contributed by atoms with Crippen LogP contribution in [0.3, 0.4) is 0 Å². The van der Waals surface area contributed by atoms with Crippen LogP contribution in [-0.4, -0.2) is 15.3 Å². The number of rotatable bonds is 6. The maximum Gasteiger partial charge on any atom is 0.333 e. The summed E-state index contributed by atoms with van der Waals surface area (Å²) in [6.07, 6.45) is 4.22. The molecular weight excluding hydrogens is 304 g/mol. The standard InChI is InChI=1S/C11H13BrN2O4/c1-2-8(15)4-3-5-13-6-9(12)11(16)10(7-13)14(17)18/h6-7H,2-5H2,1H3. The van der Waals surface area contributed by atoms with Crippen molar-refractivity contribution in [2.75, 3.05) is 0 Å². The van der Waals surface area contributed by atoms with Gasteiger partial charge in [-0.05, 0) is 22.4 Å². The number of nitrogens with zero attached hydrogens (tertiary/aromatic N) is 2. The van der Waals surface area contributed by atoms with Gasteiger partial charge in [0.25, 0.3) is 5.43 Å². The number of hydrogen-bond acceptors (Lipinski definition) is 4. The summed E-state index contributed by atoms with van der Waals surface area (Å²) in [5.74, 6) is 0.157. The van der Waals surface area contributed by atoms with Crippen molar-refractivity contribution < 1.29 is 9.72 Å². The first-order chi connectivity index (χ1) is 8.45. The highest BCUT2D eigenvalue weighted by Crippen LogP contribution is 2.11. The number of nitro groups is 1. The fourth-order valence-electron chi connectivity index (χ4n) is 1.47. The first kappa shape index (κ1) is 14.6. The van der Waals surface area contributed by atoms with E-state index in [2.05, 4.69) is 15.9 Å². The second-order valence-corrected chi connectivity index (χ2v) is 4.67. The summed E-state index contributed by atoms with van der Waals surface area (Å²) < 4.78 is 1.70. The molecule has 0 atom stereocenters. The molecule has 0 saturated heterocycles. The molecule has 0 amide bonds. The molecule has 0 aliphatic rings. The van der Waals surface area contributed by atoms with E-state index in [9.17, 15) is 19.7 Å². The molecule has 7 heteroatoms. The van der Waals surface area contributed by atoms with Crippen molar-refractivity contribution in [1.82, 2.24) is 4.57 Å². The average Bonchev–Trinajstić information content (AvgIpc) is 2.32. The summed E-state index contributed by atoms with van der Waals surface area (Å²) in [5, 5.41) is 10.7. The molecule has 0 aliphatic carbocycles. The summed E-state index contributed by atoms with van der Waals surface area (Å²) in [4.78, 5) is 32.5. The lowest BCUT2D eigenvalue weighted by Crippen LogP contribution is -2.13. The van der Waals surface area contributed by atoms with Crippen LogP contribution in [0.25, 0.3) is 0 Å². The van der Waals surface area contributed by atoms with Crippen LogP contribution in [-0.2, 0) is 11.3 Å². The van der Waals surface area contributed by atoms with Crippen LogP contribution in [0.5, 0.6) is 0 Å². The van der Waals surface area contributed by atoms with Gasteiger partial charge in [-0.25, -0.2) is 0 Å². The predicted octanol–water partition coefficient (Wildman–Crippen LogP) is 2.28. The Morgan fingerprint density at radius 3 is 2.72 bits per heavy atom. The van der Waals surface area contributed by atoms with Crippen LogP contribution >= 0.6 is 15.9 Å². The minimum absolute atomic E-state index is 0.151. The third kappa shape index (κ3) is 3.76. The largest absolute Gasteiger partial charge is 0.347 e. The number of Topliss-reactive ketones (excluding diaryl/α,β-unsaturated/α-hetero) is 1. The van der Waals surface area contributed by atoms with E-state index in [0.717, 1.165) is 0 Å². The van der Waals surface area contributed by atoms with Gasteiger partial charge in [0.1, 0.15) is 5.78 Å². The van der Waals surface area contributed by atoms with Crippen LogP contribution in [0, 0.1) is 10.1 Å². The van der Waals surface area contributed by atoms with Gasteiger partial charge >= 0.3 is 5.69 Å². The third-order valence-corrected chi connectivity index (χ3v) is 3.04. The van der Waals surface area contributed by atoms with Crippen molar-refractivity contribution in [3.8, 4) is 0 Å². The Kier molecular flexibility index (Phi) is 5.21. The number of halogens is 1. The Morgan fingerprint density at radius 1 is 1.50 bits per heavy atom. The summed E-state index contributed by atoms with van der Waals surface area (Å²) in [5.41, 5.74) is -1.10. The zero-order chi connectivity index (χ0) is 13.7. The highest BCUT2D eigenvalue weighted by atomic mass is 79.9. The van der Waals surface area contributed by atoms with E-state index < -0.39 is 16.0 Å². The molecule has 0 fully saturated rings. The molecule has 98 valence electrons. The van der Waals surface area contributed by atoms with Crippen molar-refractivity contribution in [2.45, 2.75) is 32.7 Å². The lowest BCUT2D eigenvalue weighted by atomic mass is 10.2. The van der Waals surface area contributed by atoms with Gasteiger partial charge in [-0.1, -0.05) is 6.92 Å². The van der Waals surface area contributed by atoms with Gasteiger partial charge in [-0.3, -0.25) is 19.7 Å². The highest BCUT2D eigenvalue weighted by Gasteiger charge is 2.15. The fourth-order valence-corrected chi connectivity index (χ4v) is 1.94. The van der Waals surface area contributed by atoms with Gasteiger partial charge in [0.2, 0.25) is 0 Å². The minimum Gasteiger partial charge on any atom is -0.347 e. The molecule has 0 aliphatic heterocycles. The zero-order valence-corrected chi connectivity index (χ0v) is 11.5. The second-order valence-electron chi connectivity index (χ2n) is 3.81. The number of aryl methyl sites for hydroxylation is 1. The lowest BCUT2D eigenvalue weighted by molar-refractivity contribution is -0.386. The normalized spacial score (nSPS) is 10.3. The van der Waals surface area contributed by atoms with Crippen molar-refractivity contribution in [1.29, 1.82) is 0 Å². The molecular formula is C11H13BrN2O4. The van der Waals surface area contributed by atoms with Gasteiger partial charge in [-0.2, -0.15) is 0 Å². The van der Waals surface area contributed by atoms with E-state index >= 15 is 0 Å². The fraction of sp³-hybridized carbons (Fsp3) is 0.455. The predicted molar refractivity (Wildman–Crippen MR) is 69.6 cm³/mol. The van der Waals surface area contributed by atoms with Gasteiger partial charge in [-0.15, -0.1) is 0 Å². The maximum absolute atomic E-state index is 11.4. The second kappa shape index (κ2) is 6.44. The van der Waals surface area contributed by atoms with Crippen molar-refractivity contribution in [3.63, 3.8) is 0 Å². The SMILES string of the molecule is CCC(=O)CCCn1cc(Br)c(=O)c([N+](=O)[O-])c1. The molecule has 1 aromatic heterocycles. The highest BCUT2D eigenvalue weighted by molar-refractivity contribution is 9.10. The van der Waals surface area contributed by atoms with E-state index in [4.69, 9.17) is 0 Å². The van der Waals surface area contributed by atoms with E-state index in [1.165, 1.54) is 12.4 Å². The van der Waals surface area contributed by atoms with Gasteiger partial charge < -0.3 is 4.57 Å². The summed E-state index contributed by atoms with van der Waals surface area (Å²) in [6.45, 7) is 2.26. The van der Waals surface area contributed by atoms with E-state index in [0.29, 0.717) is 25.8 Å². The molecule has 1 rings (SSSR count). The topological polar surface area (TPSA) is 82.2 Å². The maximum atomic E-state index is 11.4. The van der Waals surface area contributed by atoms with E-state index in [1.807, 2.05) is 0 Å². The number of aromatic nitrogens is 1. The number of pyridine rings is 1. The van der Waals surface area contributed by atoms with E-state index in [1.54, 1.807) is 11.5 Å². The number of ketones is 1. The number of carbonyl (C=O) groups is 1. The monoisotopic (exact) mass is 316 g/mol. The Balaban J connectivity index is 2.82. The lowest BCUT2D eigenvalue weighted by Gasteiger charge is -2.06. The molecule has 1 aromatic rings. The molecule has 0 bridgehead atoms. The van der Waals surface area contributed by atoms with Gasteiger partial charge in [0.15, 0.2) is 0 Å². The van der Waals surface area contributed by atoms with Crippen molar-refractivity contribution in [2.24, 2.45) is 0 Å². The molecule has 0 radical (unpaired) electrons. The quantitative estimate of drug-likeness (QED) is 0.595. The van der Waals surface area contributed by atoms with Crippen LogP contribution in [0.4, 0.5) is 5.69 Å². The van der Waals surface area contributed by atoms with Crippen molar-refractivity contribution >= 4 is 27.4 Å². The molecule has 1 heterocycles. The molecule has 0 spiro atoms. The summed E-state index contributed by atoms with van der Waals surface area (Å²) in [7, 11) is 0. The molecule has 6 nitrogen and oxygen atoms in total. The summed E-state index contributed by atoms with van der Waals surface area (Å²) in [6, 6.07) is 0. The Labute approximate surface area is 112 Å². The van der Waals surface area contributed by atoms with E-state index in [-0.39, 0.29) is 10.3 Å². The van der Waals surface area contributed by atoms with Crippen LogP contribution in [0.2, 0.25) is 0 Å². The van der Waals surface area contributed by atoms with Crippen LogP contribution < -0.4 is 5.43 Å². The number of hydrogen-bond donors (Lipinski definition) is 0. The smallest absolute Gasteiger partial charge is 0.333 e. The first-order valence-electron chi connectivity index (χ1n) is 5.51. The Hall–Kier alpha value is -1.50. The third-order valence-electron chi connectivity index (χ3n) is 2.48. The molecule has 0 aromatic carbocycles. The van der Waals surface area contributed by atoms with Crippen LogP contribution in [0.1, 0.15) is 26.2 Å². The Bertz CT molecular complexity index is 524. The zero-order valence-electron chi connectivity index (χ0n) is 9.89. The Morgan fingerprint density at radius 2 is 2.17 bits per heavy atom. The molecule has 0 N–H and O–H groups in total. The average molecular weight is 317 g/mol. The molecule has 0 unspecified atom stereocenters.